The lowest BCUT2D eigenvalue weighted by Crippen LogP contribution is -2.34. The van der Waals surface area contributed by atoms with E-state index in [1.54, 1.807) is 24.9 Å². The molecule has 6 nitrogen and oxygen atoms in total. The quantitative estimate of drug-likeness (QED) is 0.761. The number of aliphatic imine (C=N–C) groups is 2. The molecule has 0 aromatic carbocycles. The van der Waals surface area contributed by atoms with Crippen LogP contribution in [-0.2, 0) is 0 Å². The van der Waals surface area contributed by atoms with Crippen LogP contribution in [0, 0.1) is 0 Å². The molecule has 0 atom stereocenters. The van der Waals surface area contributed by atoms with Gasteiger partial charge in [0, 0.05) is 0 Å². The molecule has 0 saturated carbocycles. The van der Waals surface area contributed by atoms with Crippen LogP contribution in [0.25, 0.3) is 0 Å². The number of allylic oxidation sites excluding steroid dienone is 1. The Kier molecular flexibility index (Phi) is 2.81. The number of hydroxylamine groups is 2. The summed E-state index contributed by atoms with van der Waals surface area (Å²) < 4.78 is 0. The smallest absolute Gasteiger partial charge is 0.178 e. The molecule has 0 aliphatic carbocycles. The zero-order valence-electron chi connectivity index (χ0n) is 10.0. The van der Waals surface area contributed by atoms with Crippen molar-refractivity contribution in [2.24, 2.45) is 9.98 Å². The molecule has 0 unspecified atom stereocenters. The molecule has 2 heterocycles. The van der Waals surface area contributed by atoms with Crippen molar-refractivity contribution in [1.82, 2.24) is 15.0 Å². The summed E-state index contributed by atoms with van der Waals surface area (Å²) in [7, 11) is 0. The number of hydrogen-bond donors (Lipinski definition) is 2. The number of nitrogens with one attached hydrogen (secondary N) is 1. The lowest BCUT2D eigenvalue weighted by Gasteiger charge is -2.27. The monoisotopic (exact) mass is 233 g/mol. The summed E-state index contributed by atoms with van der Waals surface area (Å²) in [6.07, 6.45) is 6.38. The third kappa shape index (κ3) is 2.59. The van der Waals surface area contributed by atoms with Gasteiger partial charge in [-0.3, -0.25) is 10.3 Å². The fraction of sp³-hybridized carbons (Fsp3) is 0.364. The molecule has 0 saturated heterocycles. The summed E-state index contributed by atoms with van der Waals surface area (Å²) >= 11 is 0. The van der Waals surface area contributed by atoms with Crippen molar-refractivity contribution in [2.45, 2.75) is 26.3 Å². The number of imidazole rings is 1. The van der Waals surface area contributed by atoms with Gasteiger partial charge >= 0.3 is 0 Å². The van der Waals surface area contributed by atoms with Crippen molar-refractivity contribution < 1.29 is 5.21 Å². The maximum absolute atomic E-state index is 9.77. The Labute approximate surface area is 99.4 Å². The van der Waals surface area contributed by atoms with Crippen molar-refractivity contribution in [3.8, 4) is 0 Å². The zero-order chi connectivity index (χ0) is 12.5. The van der Waals surface area contributed by atoms with Crippen LogP contribution >= 0.6 is 0 Å². The lowest BCUT2D eigenvalue weighted by molar-refractivity contribution is -0.110. The summed E-state index contributed by atoms with van der Waals surface area (Å²) in [5, 5.41) is 10.9. The van der Waals surface area contributed by atoms with Gasteiger partial charge in [0.1, 0.15) is 11.4 Å². The number of aromatic amines is 1. The van der Waals surface area contributed by atoms with Gasteiger partial charge < -0.3 is 4.98 Å². The SMILES string of the molecule is CC(C)(C)N(O)/C=C1\C=NC(c2cnc[nH]2)=N1. The highest BCUT2D eigenvalue weighted by Crippen LogP contribution is 2.15. The Bertz CT molecular complexity index is 478. The molecule has 6 heteroatoms. The van der Waals surface area contributed by atoms with Gasteiger partial charge in [0.05, 0.1) is 30.5 Å². The van der Waals surface area contributed by atoms with E-state index in [1.807, 2.05) is 20.8 Å². The highest BCUT2D eigenvalue weighted by Gasteiger charge is 2.18. The first kappa shape index (κ1) is 11.5. The van der Waals surface area contributed by atoms with Gasteiger partial charge in [-0.15, -0.1) is 0 Å². The molecule has 0 amide bonds. The van der Waals surface area contributed by atoms with Gasteiger partial charge in [0.2, 0.25) is 0 Å². The summed E-state index contributed by atoms with van der Waals surface area (Å²) in [6.45, 7) is 5.70. The average Bonchev–Trinajstić information content (AvgIpc) is 2.83. The van der Waals surface area contributed by atoms with Crippen molar-refractivity contribution >= 4 is 12.1 Å². The Hall–Kier alpha value is -1.95. The highest BCUT2D eigenvalue weighted by molar-refractivity contribution is 6.09. The van der Waals surface area contributed by atoms with Crippen LogP contribution in [0.5, 0.6) is 0 Å². The minimum Gasteiger partial charge on any atom is -0.342 e. The summed E-state index contributed by atoms with van der Waals surface area (Å²) in [4.78, 5) is 15.2. The van der Waals surface area contributed by atoms with Crippen LogP contribution in [0.3, 0.4) is 0 Å². The Morgan fingerprint density at radius 3 is 2.76 bits per heavy atom. The predicted molar refractivity (Wildman–Crippen MR) is 65.1 cm³/mol. The number of H-pyrrole nitrogens is 1. The summed E-state index contributed by atoms with van der Waals surface area (Å²) in [5.41, 5.74) is 0.990. The Morgan fingerprint density at radius 2 is 2.18 bits per heavy atom. The van der Waals surface area contributed by atoms with E-state index >= 15 is 0 Å². The van der Waals surface area contributed by atoms with Crippen LogP contribution in [0.2, 0.25) is 0 Å². The first-order valence-corrected chi connectivity index (χ1v) is 5.28. The molecule has 0 fully saturated rings. The standard InChI is InChI=1S/C11H15N5O/c1-11(2,3)16(17)6-8-4-13-10(15-8)9-5-12-7-14-9/h4-7,17H,1-3H3,(H,12,14)/b8-6+. The van der Waals surface area contributed by atoms with E-state index in [4.69, 9.17) is 0 Å². The van der Waals surface area contributed by atoms with E-state index in [2.05, 4.69) is 20.0 Å². The zero-order valence-corrected chi connectivity index (χ0v) is 10.0. The van der Waals surface area contributed by atoms with E-state index in [9.17, 15) is 5.21 Å². The molecule has 1 aromatic rings. The number of aromatic nitrogens is 2. The number of amidine groups is 1. The predicted octanol–water partition coefficient (Wildman–Crippen LogP) is 1.57. The van der Waals surface area contributed by atoms with Gasteiger partial charge in [-0.05, 0) is 20.8 Å². The second-order valence-corrected chi connectivity index (χ2v) is 4.73. The maximum atomic E-state index is 9.77. The molecule has 2 rings (SSSR count). The van der Waals surface area contributed by atoms with Gasteiger partial charge in [0.15, 0.2) is 5.84 Å². The molecule has 1 aromatic heterocycles. The number of rotatable bonds is 2. The highest BCUT2D eigenvalue weighted by atomic mass is 16.5. The topological polar surface area (TPSA) is 76.9 Å². The fourth-order valence-corrected chi connectivity index (χ4v) is 1.20. The molecular formula is C11H15N5O. The van der Waals surface area contributed by atoms with Crippen LogP contribution in [0.1, 0.15) is 26.5 Å². The van der Waals surface area contributed by atoms with Gasteiger partial charge in [-0.25, -0.2) is 15.0 Å². The van der Waals surface area contributed by atoms with Gasteiger partial charge in [-0.2, -0.15) is 0 Å². The van der Waals surface area contributed by atoms with Crippen molar-refractivity contribution in [3.63, 3.8) is 0 Å². The molecule has 90 valence electrons. The minimum atomic E-state index is -0.368. The number of nitrogens with zero attached hydrogens (tertiary/aromatic N) is 4. The molecule has 0 bridgehead atoms. The lowest BCUT2D eigenvalue weighted by atomic mass is 10.1. The first-order valence-electron chi connectivity index (χ1n) is 5.28. The maximum Gasteiger partial charge on any atom is 0.178 e. The number of hydrogen-bond acceptors (Lipinski definition) is 5. The third-order valence-electron chi connectivity index (χ3n) is 2.24. The third-order valence-corrected chi connectivity index (χ3v) is 2.24. The van der Waals surface area contributed by atoms with Crippen molar-refractivity contribution in [1.29, 1.82) is 0 Å². The van der Waals surface area contributed by atoms with Crippen LogP contribution < -0.4 is 0 Å². The van der Waals surface area contributed by atoms with Crippen molar-refractivity contribution in [3.05, 3.63) is 30.1 Å². The molecule has 1 aliphatic rings. The van der Waals surface area contributed by atoms with E-state index in [0.717, 1.165) is 10.8 Å². The molecule has 2 N–H and O–H groups in total. The Morgan fingerprint density at radius 1 is 1.41 bits per heavy atom. The minimum absolute atomic E-state index is 0.368. The second kappa shape index (κ2) is 4.14. The van der Waals surface area contributed by atoms with Gasteiger partial charge in [0.25, 0.3) is 0 Å². The van der Waals surface area contributed by atoms with Crippen LogP contribution in [0.4, 0.5) is 0 Å². The second-order valence-electron chi connectivity index (χ2n) is 4.73. The molecular weight excluding hydrogens is 218 g/mol. The Balaban J connectivity index is 2.18. The van der Waals surface area contributed by atoms with E-state index in [1.165, 1.54) is 0 Å². The molecule has 0 spiro atoms. The van der Waals surface area contributed by atoms with Crippen LogP contribution in [0.15, 0.2) is 34.4 Å². The van der Waals surface area contributed by atoms with E-state index in [0.29, 0.717) is 11.5 Å². The van der Waals surface area contributed by atoms with Gasteiger partial charge in [-0.1, -0.05) is 0 Å². The summed E-state index contributed by atoms with van der Waals surface area (Å²) in [6, 6.07) is 0. The van der Waals surface area contributed by atoms with E-state index in [-0.39, 0.29) is 5.54 Å². The van der Waals surface area contributed by atoms with Crippen molar-refractivity contribution in [2.75, 3.05) is 0 Å². The molecule has 1 aliphatic heterocycles. The van der Waals surface area contributed by atoms with E-state index < -0.39 is 0 Å². The first-order chi connectivity index (χ1) is 7.97. The molecule has 17 heavy (non-hydrogen) atoms. The summed E-state index contributed by atoms with van der Waals surface area (Å²) in [5.74, 6) is 0.566. The van der Waals surface area contributed by atoms with Crippen LogP contribution in [-0.4, -0.2) is 37.8 Å². The fourth-order valence-electron chi connectivity index (χ4n) is 1.20. The average molecular weight is 233 g/mol. The normalized spacial score (nSPS) is 17.6. The molecule has 0 radical (unpaired) electrons. The largest absolute Gasteiger partial charge is 0.342 e.